The molecule has 0 saturated carbocycles. The maximum absolute atomic E-state index is 12.1. The number of H-pyrrole nitrogens is 1. The third kappa shape index (κ3) is 3.63. The van der Waals surface area contributed by atoms with Crippen molar-refractivity contribution < 1.29 is 4.79 Å². The van der Waals surface area contributed by atoms with Gasteiger partial charge in [0, 0.05) is 16.6 Å². The van der Waals surface area contributed by atoms with Crippen molar-refractivity contribution >= 4 is 40.1 Å². The Labute approximate surface area is 148 Å². The second-order valence-corrected chi connectivity index (χ2v) is 6.21. The number of hydrogen-bond donors (Lipinski definition) is 2. The van der Waals surface area contributed by atoms with E-state index in [9.17, 15) is 9.59 Å². The van der Waals surface area contributed by atoms with Gasteiger partial charge in [-0.1, -0.05) is 41.4 Å². The van der Waals surface area contributed by atoms with E-state index in [0.717, 1.165) is 5.56 Å². The molecule has 1 aromatic heterocycles. The fraction of sp³-hybridized carbons (Fsp3) is 0.176. The summed E-state index contributed by atoms with van der Waals surface area (Å²) in [6.07, 6.45) is 0.588. The molecule has 0 aliphatic rings. The van der Waals surface area contributed by atoms with Gasteiger partial charge in [0.1, 0.15) is 6.54 Å². The number of rotatable bonds is 5. The molecule has 0 atom stereocenters. The van der Waals surface area contributed by atoms with Crippen LogP contribution in [0.15, 0.2) is 47.3 Å². The van der Waals surface area contributed by atoms with Crippen LogP contribution in [0.1, 0.15) is 5.56 Å². The summed E-state index contributed by atoms with van der Waals surface area (Å²) in [7, 11) is 0. The van der Waals surface area contributed by atoms with Crippen molar-refractivity contribution in [2.24, 2.45) is 0 Å². The molecule has 0 aliphatic heterocycles. The molecule has 0 bridgehead atoms. The molecule has 0 saturated heterocycles. The van der Waals surface area contributed by atoms with Gasteiger partial charge in [0.15, 0.2) is 0 Å². The van der Waals surface area contributed by atoms with E-state index < -0.39 is 0 Å². The van der Waals surface area contributed by atoms with E-state index in [1.165, 1.54) is 4.57 Å². The number of aromatic amines is 1. The van der Waals surface area contributed by atoms with Gasteiger partial charge in [-0.05, 0) is 36.2 Å². The zero-order chi connectivity index (χ0) is 17.1. The number of aromatic nitrogens is 2. The second kappa shape index (κ2) is 7.11. The minimum absolute atomic E-state index is 0.0306. The van der Waals surface area contributed by atoms with Crippen molar-refractivity contribution in [3.05, 3.63) is 68.6 Å². The topological polar surface area (TPSA) is 66.9 Å². The quantitative estimate of drug-likeness (QED) is 0.731. The summed E-state index contributed by atoms with van der Waals surface area (Å²) in [5.41, 5.74) is 2.03. The van der Waals surface area contributed by atoms with Crippen molar-refractivity contribution in [1.29, 1.82) is 0 Å². The summed E-state index contributed by atoms with van der Waals surface area (Å²) in [5.74, 6) is -0.230. The fourth-order valence-electron chi connectivity index (χ4n) is 2.52. The number of nitrogens with zero attached hydrogens (tertiary/aromatic N) is 1. The molecule has 5 nitrogen and oxygen atoms in total. The molecule has 7 heteroatoms. The zero-order valence-electron chi connectivity index (χ0n) is 12.7. The first kappa shape index (κ1) is 16.6. The standard InChI is InChI=1S/C17H15Cl2N3O2/c18-12-6-5-11(13(19)9-12)7-8-20-16(23)10-22-15-4-2-1-3-14(15)21-17(22)24/h1-6,9H,7-8,10H2,(H,20,23)(H,21,24). The van der Waals surface area contributed by atoms with Gasteiger partial charge in [-0.3, -0.25) is 9.36 Å². The average molecular weight is 364 g/mol. The van der Waals surface area contributed by atoms with Crippen LogP contribution < -0.4 is 11.0 Å². The van der Waals surface area contributed by atoms with Crippen LogP contribution in [0.3, 0.4) is 0 Å². The number of amides is 1. The SMILES string of the molecule is O=C(Cn1c(=O)[nH]c2ccccc21)NCCc1ccc(Cl)cc1Cl. The Kier molecular flexibility index (Phi) is 4.92. The molecule has 2 aromatic carbocycles. The van der Waals surface area contributed by atoms with E-state index in [-0.39, 0.29) is 18.1 Å². The first-order valence-electron chi connectivity index (χ1n) is 7.43. The minimum atomic E-state index is -0.299. The number of carbonyl (C=O) groups is 1. The average Bonchev–Trinajstić information content (AvgIpc) is 2.85. The molecule has 1 amide bonds. The molecule has 0 aliphatic carbocycles. The molecular weight excluding hydrogens is 349 g/mol. The number of carbonyl (C=O) groups excluding carboxylic acids is 1. The van der Waals surface area contributed by atoms with Crippen molar-refractivity contribution in [3.8, 4) is 0 Å². The number of imidazole rings is 1. The first-order valence-corrected chi connectivity index (χ1v) is 8.18. The maximum atomic E-state index is 12.1. The molecule has 124 valence electrons. The second-order valence-electron chi connectivity index (χ2n) is 5.37. The van der Waals surface area contributed by atoms with Crippen molar-refractivity contribution in [2.45, 2.75) is 13.0 Å². The van der Waals surface area contributed by atoms with Crippen LogP contribution in [-0.2, 0) is 17.8 Å². The lowest BCUT2D eigenvalue weighted by Crippen LogP contribution is -2.32. The molecule has 1 heterocycles. The predicted octanol–water partition coefficient (Wildman–Crippen LogP) is 3.00. The smallest absolute Gasteiger partial charge is 0.326 e. The third-order valence-electron chi connectivity index (χ3n) is 3.71. The summed E-state index contributed by atoms with van der Waals surface area (Å²) in [6, 6.07) is 12.5. The van der Waals surface area contributed by atoms with Gasteiger partial charge in [0.25, 0.3) is 0 Å². The van der Waals surface area contributed by atoms with E-state index in [1.54, 1.807) is 24.3 Å². The Morgan fingerprint density at radius 1 is 1.17 bits per heavy atom. The van der Waals surface area contributed by atoms with E-state index in [1.807, 2.05) is 18.2 Å². The Morgan fingerprint density at radius 2 is 1.96 bits per heavy atom. The van der Waals surface area contributed by atoms with Gasteiger partial charge in [-0.15, -0.1) is 0 Å². The molecule has 0 fully saturated rings. The first-order chi connectivity index (χ1) is 11.5. The fourth-order valence-corrected chi connectivity index (χ4v) is 3.03. The molecule has 2 N–H and O–H groups in total. The molecule has 0 spiro atoms. The van der Waals surface area contributed by atoms with E-state index >= 15 is 0 Å². The van der Waals surface area contributed by atoms with Gasteiger partial charge < -0.3 is 10.3 Å². The number of fused-ring (bicyclic) bond motifs is 1. The van der Waals surface area contributed by atoms with E-state index in [4.69, 9.17) is 23.2 Å². The normalized spacial score (nSPS) is 10.9. The van der Waals surface area contributed by atoms with Crippen molar-refractivity contribution in [2.75, 3.05) is 6.54 Å². The largest absolute Gasteiger partial charge is 0.354 e. The summed E-state index contributed by atoms with van der Waals surface area (Å²) in [6.45, 7) is 0.397. The van der Waals surface area contributed by atoms with Gasteiger partial charge in [-0.25, -0.2) is 4.79 Å². The number of benzene rings is 2. The van der Waals surface area contributed by atoms with Gasteiger partial charge in [0.2, 0.25) is 5.91 Å². The Bertz CT molecular complexity index is 946. The van der Waals surface area contributed by atoms with E-state index in [0.29, 0.717) is 34.0 Å². The molecular formula is C17H15Cl2N3O2. The van der Waals surface area contributed by atoms with Gasteiger partial charge in [0.05, 0.1) is 11.0 Å². The van der Waals surface area contributed by atoms with Gasteiger partial charge in [-0.2, -0.15) is 0 Å². The van der Waals surface area contributed by atoms with Crippen LogP contribution in [0.2, 0.25) is 10.0 Å². The number of halogens is 2. The summed E-state index contributed by atoms with van der Waals surface area (Å²) in [5, 5.41) is 3.95. The number of para-hydroxylation sites is 2. The summed E-state index contributed by atoms with van der Waals surface area (Å²) >= 11 is 12.0. The highest BCUT2D eigenvalue weighted by Crippen LogP contribution is 2.21. The molecule has 3 rings (SSSR count). The van der Waals surface area contributed by atoms with Crippen LogP contribution in [0.25, 0.3) is 11.0 Å². The van der Waals surface area contributed by atoms with Crippen LogP contribution in [0.4, 0.5) is 0 Å². The highest BCUT2D eigenvalue weighted by atomic mass is 35.5. The van der Waals surface area contributed by atoms with Crippen LogP contribution in [0.5, 0.6) is 0 Å². The Morgan fingerprint density at radius 3 is 2.75 bits per heavy atom. The van der Waals surface area contributed by atoms with E-state index in [2.05, 4.69) is 10.3 Å². The van der Waals surface area contributed by atoms with Crippen molar-refractivity contribution in [3.63, 3.8) is 0 Å². The summed E-state index contributed by atoms with van der Waals surface area (Å²) < 4.78 is 1.42. The Balaban J connectivity index is 1.61. The van der Waals surface area contributed by atoms with Gasteiger partial charge >= 0.3 is 5.69 Å². The van der Waals surface area contributed by atoms with Crippen LogP contribution in [-0.4, -0.2) is 22.0 Å². The highest BCUT2D eigenvalue weighted by molar-refractivity contribution is 6.35. The highest BCUT2D eigenvalue weighted by Gasteiger charge is 2.10. The lowest BCUT2D eigenvalue weighted by Gasteiger charge is -2.08. The van der Waals surface area contributed by atoms with Crippen LogP contribution >= 0.6 is 23.2 Å². The number of nitrogens with one attached hydrogen (secondary N) is 2. The minimum Gasteiger partial charge on any atom is -0.354 e. The molecule has 24 heavy (non-hydrogen) atoms. The molecule has 0 unspecified atom stereocenters. The summed E-state index contributed by atoms with van der Waals surface area (Å²) in [4.78, 5) is 26.8. The Hall–Kier alpha value is -2.24. The maximum Gasteiger partial charge on any atom is 0.326 e. The van der Waals surface area contributed by atoms with Crippen LogP contribution in [0, 0.1) is 0 Å². The molecule has 0 radical (unpaired) electrons. The predicted molar refractivity (Wildman–Crippen MR) is 95.7 cm³/mol. The molecule has 3 aromatic rings. The zero-order valence-corrected chi connectivity index (χ0v) is 14.2. The number of hydrogen-bond acceptors (Lipinski definition) is 2. The lowest BCUT2D eigenvalue weighted by molar-refractivity contribution is -0.121. The van der Waals surface area contributed by atoms with Crippen molar-refractivity contribution in [1.82, 2.24) is 14.9 Å². The lowest BCUT2D eigenvalue weighted by atomic mass is 10.1. The third-order valence-corrected chi connectivity index (χ3v) is 4.30. The monoisotopic (exact) mass is 363 g/mol.